The summed E-state index contributed by atoms with van der Waals surface area (Å²) in [6.45, 7) is 4.37. The van der Waals surface area contributed by atoms with Crippen molar-refractivity contribution < 1.29 is 0 Å². The van der Waals surface area contributed by atoms with Crippen molar-refractivity contribution in [1.29, 1.82) is 0 Å². The first-order chi connectivity index (χ1) is 6.79. The molecular formula is C13H19N. The van der Waals surface area contributed by atoms with Crippen molar-refractivity contribution in [3.05, 3.63) is 42.1 Å². The summed E-state index contributed by atoms with van der Waals surface area (Å²) in [5.41, 5.74) is 2.65. The van der Waals surface area contributed by atoms with Gasteiger partial charge in [-0.25, -0.2) is 0 Å². The first-order valence-corrected chi connectivity index (χ1v) is 5.27. The van der Waals surface area contributed by atoms with Crippen molar-refractivity contribution in [3.8, 4) is 0 Å². The van der Waals surface area contributed by atoms with Crippen molar-refractivity contribution in [2.24, 2.45) is 0 Å². The lowest BCUT2D eigenvalue weighted by Crippen LogP contribution is -2.15. The fourth-order valence-electron chi connectivity index (χ4n) is 1.57. The zero-order chi connectivity index (χ0) is 10.4. The highest BCUT2D eigenvalue weighted by Crippen LogP contribution is 2.18. The standard InChI is InChI=1S/C13H19N/c1-4-9-12(5-2)14(3)13-10-7-6-8-11-13/h6-11H,4-5H2,1-3H3/b12-9-. The summed E-state index contributed by atoms with van der Waals surface area (Å²) in [7, 11) is 2.13. The van der Waals surface area contributed by atoms with Gasteiger partial charge in [-0.3, -0.25) is 0 Å². The summed E-state index contributed by atoms with van der Waals surface area (Å²) in [5, 5.41) is 0. The number of para-hydroxylation sites is 1. The van der Waals surface area contributed by atoms with E-state index in [1.54, 1.807) is 0 Å². The molecule has 0 atom stereocenters. The summed E-state index contributed by atoms with van der Waals surface area (Å²) in [4.78, 5) is 2.25. The van der Waals surface area contributed by atoms with E-state index < -0.39 is 0 Å². The van der Waals surface area contributed by atoms with Crippen LogP contribution >= 0.6 is 0 Å². The van der Waals surface area contributed by atoms with E-state index in [0.717, 1.165) is 12.8 Å². The van der Waals surface area contributed by atoms with Gasteiger partial charge in [-0.1, -0.05) is 38.1 Å². The Labute approximate surface area is 87.1 Å². The highest BCUT2D eigenvalue weighted by Gasteiger charge is 2.02. The van der Waals surface area contributed by atoms with Gasteiger partial charge in [0.2, 0.25) is 0 Å². The van der Waals surface area contributed by atoms with Crippen LogP contribution in [0, 0.1) is 0 Å². The van der Waals surface area contributed by atoms with E-state index in [4.69, 9.17) is 0 Å². The lowest BCUT2D eigenvalue weighted by atomic mass is 10.2. The molecule has 1 nitrogen and oxygen atoms in total. The van der Waals surface area contributed by atoms with Gasteiger partial charge < -0.3 is 4.90 Å². The van der Waals surface area contributed by atoms with E-state index in [2.05, 4.69) is 56.1 Å². The molecule has 0 radical (unpaired) electrons. The Bertz CT molecular complexity index is 287. The molecule has 0 aliphatic rings. The van der Waals surface area contributed by atoms with Crippen LogP contribution in [-0.4, -0.2) is 7.05 Å². The van der Waals surface area contributed by atoms with Crippen LogP contribution < -0.4 is 4.90 Å². The Morgan fingerprint density at radius 2 is 1.86 bits per heavy atom. The van der Waals surface area contributed by atoms with E-state index >= 15 is 0 Å². The van der Waals surface area contributed by atoms with Gasteiger partial charge in [0.25, 0.3) is 0 Å². The molecule has 0 unspecified atom stereocenters. The number of anilines is 1. The minimum atomic E-state index is 1.08. The fraction of sp³-hybridized carbons (Fsp3) is 0.385. The van der Waals surface area contributed by atoms with Crippen molar-refractivity contribution in [3.63, 3.8) is 0 Å². The topological polar surface area (TPSA) is 3.24 Å². The van der Waals surface area contributed by atoms with E-state index in [1.165, 1.54) is 11.4 Å². The first kappa shape index (κ1) is 10.8. The maximum absolute atomic E-state index is 2.28. The summed E-state index contributed by atoms with van der Waals surface area (Å²) >= 11 is 0. The van der Waals surface area contributed by atoms with Gasteiger partial charge >= 0.3 is 0 Å². The molecule has 0 bridgehead atoms. The predicted octanol–water partition coefficient (Wildman–Crippen LogP) is 3.83. The highest BCUT2D eigenvalue weighted by atomic mass is 15.1. The van der Waals surface area contributed by atoms with Crippen LogP contribution in [0.5, 0.6) is 0 Å². The van der Waals surface area contributed by atoms with Crippen LogP contribution in [0.1, 0.15) is 26.7 Å². The molecule has 0 N–H and O–H groups in total. The maximum Gasteiger partial charge on any atom is 0.0405 e. The number of hydrogen-bond donors (Lipinski definition) is 0. The van der Waals surface area contributed by atoms with Crippen molar-refractivity contribution >= 4 is 5.69 Å². The second-order valence-corrected chi connectivity index (χ2v) is 3.35. The molecule has 76 valence electrons. The molecule has 0 aliphatic heterocycles. The van der Waals surface area contributed by atoms with Crippen molar-refractivity contribution in [2.45, 2.75) is 26.7 Å². The number of nitrogens with zero attached hydrogens (tertiary/aromatic N) is 1. The third-order valence-electron chi connectivity index (χ3n) is 2.38. The molecular weight excluding hydrogens is 170 g/mol. The summed E-state index contributed by atoms with van der Waals surface area (Å²) in [6.07, 6.45) is 4.46. The monoisotopic (exact) mass is 189 g/mol. The zero-order valence-corrected chi connectivity index (χ0v) is 9.33. The largest absolute Gasteiger partial charge is 0.349 e. The summed E-state index contributed by atoms with van der Waals surface area (Å²) in [5.74, 6) is 0. The smallest absolute Gasteiger partial charge is 0.0405 e. The van der Waals surface area contributed by atoms with E-state index in [9.17, 15) is 0 Å². The van der Waals surface area contributed by atoms with Gasteiger partial charge in [0.15, 0.2) is 0 Å². The molecule has 0 saturated heterocycles. The van der Waals surface area contributed by atoms with Crippen LogP contribution in [0.4, 0.5) is 5.69 Å². The van der Waals surface area contributed by atoms with Crippen LogP contribution in [0.3, 0.4) is 0 Å². The molecule has 0 aromatic heterocycles. The molecule has 0 fully saturated rings. The Morgan fingerprint density at radius 3 is 2.36 bits per heavy atom. The van der Waals surface area contributed by atoms with Gasteiger partial charge in [0.05, 0.1) is 0 Å². The van der Waals surface area contributed by atoms with Gasteiger partial charge in [-0.15, -0.1) is 0 Å². The molecule has 0 saturated carbocycles. The number of rotatable bonds is 4. The van der Waals surface area contributed by atoms with Crippen LogP contribution in [0.15, 0.2) is 42.1 Å². The van der Waals surface area contributed by atoms with Crippen molar-refractivity contribution in [1.82, 2.24) is 0 Å². The van der Waals surface area contributed by atoms with Crippen molar-refractivity contribution in [2.75, 3.05) is 11.9 Å². The Hall–Kier alpha value is -1.24. The third kappa shape index (κ3) is 2.63. The van der Waals surface area contributed by atoms with Crippen LogP contribution in [0.2, 0.25) is 0 Å². The number of hydrogen-bond acceptors (Lipinski definition) is 1. The molecule has 0 heterocycles. The molecule has 1 rings (SSSR count). The summed E-state index contributed by atoms with van der Waals surface area (Å²) in [6, 6.07) is 10.5. The second-order valence-electron chi connectivity index (χ2n) is 3.35. The highest BCUT2D eigenvalue weighted by molar-refractivity contribution is 5.50. The van der Waals surface area contributed by atoms with E-state index in [0.29, 0.717) is 0 Å². The first-order valence-electron chi connectivity index (χ1n) is 5.27. The van der Waals surface area contributed by atoms with Gasteiger partial charge in [0.1, 0.15) is 0 Å². The molecule has 14 heavy (non-hydrogen) atoms. The normalized spacial score (nSPS) is 11.5. The second kappa shape index (κ2) is 5.48. The van der Waals surface area contributed by atoms with E-state index in [1.807, 2.05) is 6.07 Å². The van der Waals surface area contributed by atoms with E-state index in [-0.39, 0.29) is 0 Å². The predicted molar refractivity (Wildman–Crippen MR) is 63.5 cm³/mol. The SMILES string of the molecule is CC/C=C(/CC)N(C)c1ccccc1. The molecule has 0 amide bonds. The average Bonchev–Trinajstić information content (AvgIpc) is 2.26. The van der Waals surface area contributed by atoms with Gasteiger partial charge in [-0.2, -0.15) is 0 Å². The Balaban J connectivity index is 2.83. The van der Waals surface area contributed by atoms with Gasteiger partial charge in [0, 0.05) is 18.4 Å². The molecule has 0 spiro atoms. The molecule has 1 aromatic rings. The number of benzene rings is 1. The lowest BCUT2D eigenvalue weighted by molar-refractivity contribution is 0.955. The lowest BCUT2D eigenvalue weighted by Gasteiger charge is -2.22. The van der Waals surface area contributed by atoms with Gasteiger partial charge in [-0.05, 0) is 25.0 Å². The molecule has 1 aromatic carbocycles. The molecule has 1 heteroatoms. The molecule has 0 aliphatic carbocycles. The Kier molecular flexibility index (Phi) is 4.24. The maximum atomic E-state index is 2.28. The zero-order valence-electron chi connectivity index (χ0n) is 9.33. The quantitative estimate of drug-likeness (QED) is 0.696. The minimum absolute atomic E-state index is 1.08. The minimum Gasteiger partial charge on any atom is -0.349 e. The average molecular weight is 189 g/mol. The number of allylic oxidation sites excluding steroid dienone is 2. The van der Waals surface area contributed by atoms with Crippen LogP contribution in [0.25, 0.3) is 0 Å². The fourth-order valence-corrected chi connectivity index (χ4v) is 1.57. The third-order valence-corrected chi connectivity index (χ3v) is 2.38. The summed E-state index contributed by atoms with van der Waals surface area (Å²) < 4.78 is 0. The van der Waals surface area contributed by atoms with Crippen LogP contribution in [-0.2, 0) is 0 Å². The Morgan fingerprint density at radius 1 is 1.21 bits per heavy atom.